The fourth-order valence-electron chi connectivity index (χ4n) is 2.51. The minimum atomic E-state index is -4.17. The molecule has 6 nitrogen and oxygen atoms in total. The van der Waals surface area contributed by atoms with Crippen molar-refractivity contribution in [3.05, 3.63) is 71.8 Å². The average molecular weight is 420 g/mol. The minimum absolute atomic E-state index is 0.0901. The number of amides is 1. The standard InChI is InChI=1S/C19H15ClFN3O3S/c1-12(25)23-15-8-14(10-22-11-15)13-6-7-16(20)18(9-13)24-28(26,27)19-5-3-2-4-17(19)21/h2-11,24H,1H3,(H,23,25). The van der Waals surface area contributed by atoms with Gasteiger partial charge in [0, 0.05) is 18.7 Å². The van der Waals surface area contributed by atoms with E-state index in [1.807, 2.05) is 0 Å². The molecule has 0 saturated heterocycles. The van der Waals surface area contributed by atoms with Crippen molar-refractivity contribution in [3.8, 4) is 11.1 Å². The number of nitrogens with one attached hydrogen (secondary N) is 2. The van der Waals surface area contributed by atoms with Crippen LogP contribution in [0.5, 0.6) is 0 Å². The molecule has 2 N–H and O–H groups in total. The topological polar surface area (TPSA) is 88.2 Å². The van der Waals surface area contributed by atoms with Crippen LogP contribution in [0.4, 0.5) is 15.8 Å². The summed E-state index contributed by atoms with van der Waals surface area (Å²) in [7, 11) is -4.17. The smallest absolute Gasteiger partial charge is 0.264 e. The molecule has 0 spiro atoms. The van der Waals surface area contributed by atoms with Gasteiger partial charge in [0.1, 0.15) is 10.7 Å². The van der Waals surface area contributed by atoms with Crippen LogP contribution in [0.25, 0.3) is 11.1 Å². The first-order valence-corrected chi connectivity index (χ1v) is 9.92. The van der Waals surface area contributed by atoms with E-state index in [-0.39, 0.29) is 16.6 Å². The zero-order valence-electron chi connectivity index (χ0n) is 14.6. The van der Waals surface area contributed by atoms with Crippen molar-refractivity contribution in [3.63, 3.8) is 0 Å². The Morgan fingerprint density at radius 1 is 1.07 bits per heavy atom. The minimum Gasteiger partial charge on any atom is -0.325 e. The molecule has 3 rings (SSSR count). The highest BCUT2D eigenvalue weighted by Crippen LogP contribution is 2.31. The third-order valence-corrected chi connectivity index (χ3v) is 5.46. The molecule has 144 valence electrons. The molecule has 0 fully saturated rings. The summed E-state index contributed by atoms with van der Waals surface area (Å²) in [4.78, 5) is 14.8. The maximum atomic E-state index is 13.9. The van der Waals surface area contributed by atoms with Gasteiger partial charge in [0.15, 0.2) is 0 Å². The van der Waals surface area contributed by atoms with Crippen LogP contribution < -0.4 is 10.0 Å². The summed E-state index contributed by atoms with van der Waals surface area (Å²) in [6, 6.07) is 11.4. The van der Waals surface area contributed by atoms with Gasteiger partial charge in [-0.2, -0.15) is 0 Å². The Morgan fingerprint density at radius 2 is 1.82 bits per heavy atom. The van der Waals surface area contributed by atoms with E-state index in [1.54, 1.807) is 18.3 Å². The molecule has 0 saturated carbocycles. The number of pyridine rings is 1. The van der Waals surface area contributed by atoms with Gasteiger partial charge in [-0.05, 0) is 35.9 Å². The number of halogens is 2. The molecule has 2 aromatic carbocycles. The molecule has 9 heteroatoms. The largest absolute Gasteiger partial charge is 0.325 e. The molecule has 0 unspecified atom stereocenters. The Bertz CT molecular complexity index is 1150. The van der Waals surface area contributed by atoms with Crippen molar-refractivity contribution in [2.24, 2.45) is 0 Å². The molecule has 28 heavy (non-hydrogen) atoms. The summed E-state index contributed by atoms with van der Waals surface area (Å²) < 4.78 is 41.3. The third kappa shape index (κ3) is 4.47. The number of rotatable bonds is 5. The van der Waals surface area contributed by atoms with Gasteiger partial charge in [-0.1, -0.05) is 29.8 Å². The van der Waals surface area contributed by atoms with Crippen molar-refractivity contribution in [1.82, 2.24) is 4.98 Å². The van der Waals surface area contributed by atoms with E-state index in [2.05, 4.69) is 15.0 Å². The lowest BCUT2D eigenvalue weighted by atomic mass is 10.1. The second-order valence-corrected chi connectivity index (χ2v) is 7.93. The summed E-state index contributed by atoms with van der Waals surface area (Å²) in [5, 5.41) is 2.77. The maximum absolute atomic E-state index is 13.9. The van der Waals surface area contributed by atoms with Crippen LogP contribution in [0.15, 0.2) is 65.8 Å². The van der Waals surface area contributed by atoms with Gasteiger partial charge in [0.2, 0.25) is 5.91 Å². The molecule has 0 bridgehead atoms. The van der Waals surface area contributed by atoms with Crippen LogP contribution in [0.1, 0.15) is 6.92 Å². The van der Waals surface area contributed by atoms with Crippen LogP contribution in [-0.4, -0.2) is 19.3 Å². The molecule has 0 aliphatic heterocycles. The SMILES string of the molecule is CC(=O)Nc1cncc(-c2ccc(Cl)c(NS(=O)(=O)c3ccccc3F)c2)c1. The quantitative estimate of drug-likeness (QED) is 0.645. The van der Waals surface area contributed by atoms with E-state index in [0.29, 0.717) is 16.8 Å². The summed E-state index contributed by atoms with van der Waals surface area (Å²) >= 11 is 6.12. The number of hydrogen-bond donors (Lipinski definition) is 2. The lowest BCUT2D eigenvalue weighted by Crippen LogP contribution is -2.14. The first kappa shape index (κ1) is 19.8. The predicted molar refractivity (Wildman–Crippen MR) is 106 cm³/mol. The highest BCUT2D eigenvalue weighted by atomic mass is 35.5. The first-order chi connectivity index (χ1) is 13.3. The van der Waals surface area contributed by atoms with E-state index in [9.17, 15) is 17.6 Å². The highest BCUT2D eigenvalue weighted by molar-refractivity contribution is 7.92. The Morgan fingerprint density at radius 3 is 2.54 bits per heavy atom. The fraction of sp³-hybridized carbons (Fsp3) is 0.0526. The van der Waals surface area contributed by atoms with Crippen LogP contribution >= 0.6 is 11.6 Å². The van der Waals surface area contributed by atoms with Crippen LogP contribution in [0.2, 0.25) is 5.02 Å². The van der Waals surface area contributed by atoms with E-state index in [4.69, 9.17) is 11.6 Å². The fourth-order valence-corrected chi connectivity index (χ4v) is 3.89. The number of carbonyl (C=O) groups is 1. The zero-order valence-corrected chi connectivity index (χ0v) is 16.2. The number of carbonyl (C=O) groups excluding carboxylic acids is 1. The van der Waals surface area contributed by atoms with Crippen molar-refractivity contribution in [2.75, 3.05) is 10.0 Å². The van der Waals surface area contributed by atoms with Gasteiger partial charge in [0.25, 0.3) is 10.0 Å². The predicted octanol–water partition coefficient (Wildman–Crippen LogP) is 4.30. The lowest BCUT2D eigenvalue weighted by Gasteiger charge is -2.12. The van der Waals surface area contributed by atoms with Gasteiger partial charge in [-0.15, -0.1) is 0 Å². The molecule has 0 radical (unpaired) electrons. The second-order valence-electron chi connectivity index (χ2n) is 5.87. The number of aromatic nitrogens is 1. The molecule has 3 aromatic rings. The number of hydrogen-bond acceptors (Lipinski definition) is 4. The van der Waals surface area contributed by atoms with Gasteiger partial charge in [-0.3, -0.25) is 14.5 Å². The molecule has 0 aliphatic carbocycles. The summed E-state index contributed by atoms with van der Waals surface area (Å²) in [5.41, 5.74) is 1.82. The van der Waals surface area contributed by atoms with E-state index in [0.717, 1.165) is 12.1 Å². The average Bonchev–Trinajstić information content (AvgIpc) is 2.63. The van der Waals surface area contributed by atoms with Crippen molar-refractivity contribution in [1.29, 1.82) is 0 Å². The van der Waals surface area contributed by atoms with Gasteiger partial charge in [-0.25, -0.2) is 12.8 Å². The summed E-state index contributed by atoms with van der Waals surface area (Å²) in [6.07, 6.45) is 3.05. The second kappa shape index (κ2) is 7.95. The van der Waals surface area contributed by atoms with Crippen LogP contribution in [0, 0.1) is 5.82 Å². The molecular weight excluding hydrogens is 405 g/mol. The van der Waals surface area contributed by atoms with Crippen molar-refractivity contribution < 1.29 is 17.6 Å². The molecule has 1 heterocycles. The normalized spacial score (nSPS) is 11.1. The molecule has 0 aliphatic rings. The summed E-state index contributed by atoms with van der Waals surface area (Å²) in [5.74, 6) is -1.11. The highest BCUT2D eigenvalue weighted by Gasteiger charge is 2.20. The van der Waals surface area contributed by atoms with Gasteiger partial charge < -0.3 is 5.32 Å². The molecular formula is C19H15ClFN3O3S. The van der Waals surface area contributed by atoms with E-state index in [1.165, 1.54) is 37.4 Å². The van der Waals surface area contributed by atoms with Crippen molar-refractivity contribution in [2.45, 2.75) is 11.8 Å². The molecule has 1 aromatic heterocycles. The Hall–Kier alpha value is -2.97. The molecule has 0 atom stereocenters. The number of sulfonamides is 1. The Kier molecular flexibility index (Phi) is 5.62. The summed E-state index contributed by atoms with van der Waals surface area (Å²) in [6.45, 7) is 1.38. The van der Waals surface area contributed by atoms with Gasteiger partial charge >= 0.3 is 0 Å². The van der Waals surface area contributed by atoms with E-state index >= 15 is 0 Å². The third-order valence-electron chi connectivity index (χ3n) is 3.73. The van der Waals surface area contributed by atoms with Gasteiger partial charge in [0.05, 0.1) is 22.6 Å². The monoisotopic (exact) mass is 419 g/mol. The van der Waals surface area contributed by atoms with Crippen molar-refractivity contribution >= 4 is 38.9 Å². The first-order valence-electron chi connectivity index (χ1n) is 8.06. The number of nitrogens with zero attached hydrogens (tertiary/aromatic N) is 1. The zero-order chi connectivity index (χ0) is 20.3. The Labute approximate surface area is 166 Å². The van der Waals surface area contributed by atoms with Crippen LogP contribution in [0.3, 0.4) is 0 Å². The maximum Gasteiger partial charge on any atom is 0.264 e. The lowest BCUT2D eigenvalue weighted by molar-refractivity contribution is -0.114. The van der Waals surface area contributed by atoms with E-state index < -0.39 is 20.7 Å². The number of benzene rings is 2. The van der Waals surface area contributed by atoms with Crippen LogP contribution in [-0.2, 0) is 14.8 Å². The molecule has 1 amide bonds. The Balaban J connectivity index is 1.97. The number of anilines is 2.